The summed E-state index contributed by atoms with van der Waals surface area (Å²) in [6, 6.07) is 6.57. The Kier molecular flexibility index (Phi) is 6.55. The van der Waals surface area contributed by atoms with Crippen LogP contribution >= 0.6 is 11.3 Å². The zero-order chi connectivity index (χ0) is 23.5. The summed E-state index contributed by atoms with van der Waals surface area (Å²) < 4.78 is 11.2. The van der Waals surface area contributed by atoms with Crippen molar-refractivity contribution in [2.45, 2.75) is 32.1 Å². The number of hydrogen-bond acceptors (Lipinski definition) is 8. The summed E-state index contributed by atoms with van der Waals surface area (Å²) in [4.78, 5) is 50.9. The Hall–Kier alpha value is -3.53. The molecular weight excluding hydrogens is 446 g/mol. The zero-order valence-electron chi connectivity index (χ0n) is 18.3. The highest BCUT2D eigenvalue weighted by Crippen LogP contribution is 2.37. The highest BCUT2D eigenvalue weighted by atomic mass is 32.1. The van der Waals surface area contributed by atoms with Gasteiger partial charge in [0.2, 0.25) is 0 Å². The molecule has 1 aromatic carbocycles. The van der Waals surface area contributed by atoms with Crippen molar-refractivity contribution < 1.29 is 23.9 Å². The lowest BCUT2D eigenvalue weighted by atomic mass is 10.1. The predicted molar refractivity (Wildman–Crippen MR) is 123 cm³/mol. The number of nitrogens with one attached hydrogen (secondary N) is 1. The van der Waals surface area contributed by atoms with Gasteiger partial charge >= 0.3 is 11.9 Å². The lowest BCUT2D eigenvalue weighted by Crippen LogP contribution is -2.26. The van der Waals surface area contributed by atoms with Gasteiger partial charge < -0.3 is 14.8 Å². The molecule has 0 atom stereocenters. The Morgan fingerprint density at radius 3 is 2.58 bits per heavy atom. The van der Waals surface area contributed by atoms with E-state index in [9.17, 15) is 19.2 Å². The summed E-state index contributed by atoms with van der Waals surface area (Å²) in [5.41, 5.74) is 0.911. The highest BCUT2D eigenvalue weighted by Gasteiger charge is 2.26. The van der Waals surface area contributed by atoms with E-state index in [4.69, 9.17) is 9.47 Å². The van der Waals surface area contributed by atoms with Crippen LogP contribution in [0.15, 0.2) is 29.1 Å². The molecule has 1 amide bonds. The average molecular weight is 470 g/mol. The molecule has 10 heteroatoms. The minimum absolute atomic E-state index is 0.0569. The van der Waals surface area contributed by atoms with Crippen LogP contribution in [0.1, 0.15) is 50.5 Å². The molecule has 0 aliphatic heterocycles. The van der Waals surface area contributed by atoms with Gasteiger partial charge in [0.25, 0.3) is 11.5 Å². The van der Waals surface area contributed by atoms with Crippen LogP contribution in [0.5, 0.6) is 0 Å². The fourth-order valence-corrected chi connectivity index (χ4v) is 5.25. The van der Waals surface area contributed by atoms with E-state index in [2.05, 4.69) is 10.4 Å². The Labute approximate surface area is 193 Å². The number of ether oxygens (including phenoxy) is 2. The Morgan fingerprint density at radius 2 is 1.82 bits per heavy atom. The molecule has 0 fully saturated rings. The maximum atomic E-state index is 12.6. The number of hydrogen-bond donors (Lipinski definition) is 1. The van der Waals surface area contributed by atoms with Crippen molar-refractivity contribution >= 4 is 45.0 Å². The third-order valence-corrected chi connectivity index (χ3v) is 6.76. The van der Waals surface area contributed by atoms with Gasteiger partial charge in [0.1, 0.15) is 5.00 Å². The molecule has 4 rings (SSSR count). The number of methoxy groups -OCH3 is 1. The van der Waals surface area contributed by atoms with Gasteiger partial charge in [-0.05, 0) is 37.3 Å². The minimum atomic E-state index is -0.827. The molecule has 1 aliphatic rings. The van der Waals surface area contributed by atoms with Crippen LogP contribution in [-0.2, 0) is 34.2 Å². The number of esters is 2. The summed E-state index contributed by atoms with van der Waals surface area (Å²) >= 11 is 1.36. The number of aryl methyl sites for hydroxylation is 2. The molecule has 1 N–H and O–H groups in total. The van der Waals surface area contributed by atoms with Crippen LogP contribution in [0, 0.1) is 0 Å². The van der Waals surface area contributed by atoms with E-state index < -0.39 is 24.5 Å². The van der Waals surface area contributed by atoms with Gasteiger partial charge in [0.05, 0.1) is 18.1 Å². The first kappa shape index (κ1) is 22.7. The SMILES string of the molecule is COC(=O)c1c(NC(=O)COC(=O)c2nn(C)c(=O)c3ccccc23)sc2c1CCCCC2. The zero-order valence-corrected chi connectivity index (χ0v) is 19.1. The summed E-state index contributed by atoms with van der Waals surface area (Å²) in [6.07, 6.45) is 4.69. The van der Waals surface area contributed by atoms with Gasteiger partial charge in [0, 0.05) is 17.3 Å². The van der Waals surface area contributed by atoms with Crippen LogP contribution in [0.3, 0.4) is 0 Å². The number of nitrogens with zero attached hydrogens (tertiary/aromatic N) is 2. The van der Waals surface area contributed by atoms with E-state index in [0.29, 0.717) is 21.3 Å². The Morgan fingerprint density at radius 1 is 1.09 bits per heavy atom. The monoisotopic (exact) mass is 469 g/mol. The van der Waals surface area contributed by atoms with E-state index in [1.54, 1.807) is 24.3 Å². The van der Waals surface area contributed by atoms with E-state index >= 15 is 0 Å². The maximum Gasteiger partial charge on any atom is 0.359 e. The van der Waals surface area contributed by atoms with Crippen LogP contribution in [0.25, 0.3) is 10.8 Å². The molecule has 0 saturated heterocycles. The topological polar surface area (TPSA) is 117 Å². The van der Waals surface area contributed by atoms with Crippen LogP contribution in [0.2, 0.25) is 0 Å². The van der Waals surface area contributed by atoms with Crippen molar-refractivity contribution in [1.82, 2.24) is 9.78 Å². The first-order chi connectivity index (χ1) is 15.9. The van der Waals surface area contributed by atoms with Crippen LogP contribution in [-0.4, -0.2) is 41.3 Å². The van der Waals surface area contributed by atoms with Crippen LogP contribution in [0.4, 0.5) is 5.00 Å². The fourth-order valence-electron chi connectivity index (χ4n) is 3.96. The van der Waals surface area contributed by atoms with Gasteiger partial charge in [-0.2, -0.15) is 5.10 Å². The van der Waals surface area contributed by atoms with Crippen molar-refractivity contribution in [3.8, 4) is 0 Å². The first-order valence-corrected chi connectivity index (χ1v) is 11.4. The summed E-state index contributed by atoms with van der Waals surface area (Å²) in [7, 11) is 2.74. The van der Waals surface area contributed by atoms with Crippen molar-refractivity contribution in [3.63, 3.8) is 0 Å². The molecule has 0 radical (unpaired) electrons. The maximum absolute atomic E-state index is 12.6. The minimum Gasteiger partial charge on any atom is -0.465 e. The molecule has 172 valence electrons. The van der Waals surface area contributed by atoms with Gasteiger partial charge in [0.15, 0.2) is 12.3 Å². The number of amides is 1. The third-order valence-electron chi connectivity index (χ3n) is 5.55. The summed E-state index contributed by atoms with van der Waals surface area (Å²) in [5.74, 6) is -1.91. The molecular formula is C23H23N3O6S. The number of fused-ring (bicyclic) bond motifs is 2. The van der Waals surface area contributed by atoms with Gasteiger partial charge in [-0.25, -0.2) is 14.3 Å². The quantitative estimate of drug-likeness (QED) is 0.451. The molecule has 0 spiro atoms. The second-order valence-corrected chi connectivity index (χ2v) is 8.81. The molecule has 9 nitrogen and oxygen atoms in total. The first-order valence-electron chi connectivity index (χ1n) is 10.6. The Balaban J connectivity index is 1.51. The second-order valence-electron chi connectivity index (χ2n) is 7.71. The van der Waals surface area contributed by atoms with Crippen molar-refractivity contribution in [1.29, 1.82) is 0 Å². The van der Waals surface area contributed by atoms with E-state index in [1.165, 1.54) is 25.5 Å². The predicted octanol–water partition coefficient (Wildman–Crippen LogP) is 2.85. The normalized spacial score (nSPS) is 13.2. The number of rotatable bonds is 5. The fraction of sp³-hybridized carbons (Fsp3) is 0.348. The molecule has 2 heterocycles. The Bertz CT molecular complexity index is 1310. The standard InChI is InChI=1S/C23H23N3O6S/c1-26-21(28)14-9-7-6-8-13(14)19(25-26)23(30)32-12-17(27)24-20-18(22(29)31-2)15-10-4-3-5-11-16(15)33-20/h6-9H,3-5,10-12H2,1-2H3,(H,24,27). The number of carbonyl (C=O) groups excluding carboxylic acids is 3. The lowest BCUT2D eigenvalue weighted by molar-refractivity contribution is -0.119. The lowest BCUT2D eigenvalue weighted by Gasteiger charge is -2.09. The molecule has 0 unspecified atom stereocenters. The number of carbonyl (C=O) groups is 3. The number of thiophene rings is 1. The molecule has 2 aromatic heterocycles. The second kappa shape index (κ2) is 9.53. The molecule has 3 aromatic rings. The van der Waals surface area contributed by atoms with E-state index in [1.807, 2.05) is 0 Å². The number of aromatic nitrogens is 2. The average Bonchev–Trinajstić information content (AvgIpc) is 2.99. The number of benzene rings is 1. The largest absolute Gasteiger partial charge is 0.465 e. The summed E-state index contributed by atoms with van der Waals surface area (Å²) in [5, 5.41) is 7.78. The molecule has 0 bridgehead atoms. The molecule has 1 aliphatic carbocycles. The molecule has 0 saturated carbocycles. The summed E-state index contributed by atoms with van der Waals surface area (Å²) in [6.45, 7) is -0.569. The number of anilines is 1. The highest BCUT2D eigenvalue weighted by molar-refractivity contribution is 7.17. The van der Waals surface area contributed by atoms with Crippen molar-refractivity contribution in [2.24, 2.45) is 7.05 Å². The van der Waals surface area contributed by atoms with Gasteiger partial charge in [-0.3, -0.25) is 9.59 Å². The van der Waals surface area contributed by atoms with Gasteiger partial charge in [-0.15, -0.1) is 11.3 Å². The van der Waals surface area contributed by atoms with Gasteiger partial charge in [-0.1, -0.05) is 24.6 Å². The van der Waals surface area contributed by atoms with Crippen molar-refractivity contribution in [3.05, 3.63) is 56.3 Å². The smallest absolute Gasteiger partial charge is 0.359 e. The van der Waals surface area contributed by atoms with E-state index in [-0.39, 0.29) is 11.3 Å². The van der Waals surface area contributed by atoms with Crippen LogP contribution < -0.4 is 10.9 Å². The van der Waals surface area contributed by atoms with E-state index in [0.717, 1.165) is 47.2 Å². The van der Waals surface area contributed by atoms with Crippen molar-refractivity contribution in [2.75, 3.05) is 19.0 Å². The third kappa shape index (κ3) is 4.51. The molecule has 33 heavy (non-hydrogen) atoms.